The minimum absolute atomic E-state index is 0.331. The van der Waals surface area contributed by atoms with Crippen molar-refractivity contribution in [3.8, 4) is 55.4 Å². The molecule has 0 bridgehead atoms. The molecular formula is C32H42O12S2. The fourth-order valence-electron chi connectivity index (χ4n) is 4.60. The lowest BCUT2D eigenvalue weighted by Gasteiger charge is -2.21. The Labute approximate surface area is 277 Å². The van der Waals surface area contributed by atoms with Gasteiger partial charge in [0.05, 0.1) is 75.8 Å². The second-order valence-electron chi connectivity index (χ2n) is 9.89. The van der Waals surface area contributed by atoms with E-state index in [9.17, 15) is 0 Å². The second-order valence-corrected chi connectivity index (χ2v) is 11.6. The zero-order chi connectivity index (χ0) is 31.8. The van der Waals surface area contributed by atoms with E-state index in [2.05, 4.69) is 0 Å². The quantitative estimate of drug-likeness (QED) is 0.136. The van der Waals surface area contributed by atoms with Gasteiger partial charge in [0.15, 0.2) is 23.0 Å². The highest BCUT2D eigenvalue weighted by molar-refractivity contribution is 7.14. The lowest BCUT2D eigenvalue weighted by Crippen LogP contribution is -2.15. The van der Waals surface area contributed by atoms with Gasteiger partial charge in [-0.25, -0.2) is 0 Å². The Morgan fingerprint density at radius 2 is 0.870 bits per heavy atom. The molecule has 2 aromatic heterocycles. The largest absolute Gasteiger partial charge is 0.490 e. The van der Waals surface area contributed by atoms with Gasteiger partial charge in [-0.15, -0.1) is 22.7 Å². The van der Waals surface area contributed by atoms with Gasteiger partial charge in [-0.2, -0.15) is 0 Å². The smallest absolute Gasteiger partial charge is 0.180 e. The molecular weight excluding hydrogens is 640 g/mol. The molecule has 0 fully saturated rings. The van der Waals surface area contributed by atoms with E-state index in [4.69, 9.17) is 56.8 Å². The topological polar surface area (TPSA) is 111 Å². The van der Waals surface area contributed by atoms with Crippen LogP contribution < -0.4 is 28.4 Å². The number of benzene rings is 1. The number of hydrogen-bond donors (Lipinski definition) is 0. The summed E-state index contributed by atoms with van der Waals surface area (Å²) >= 11 is 3.07. The highest BCUT2D eigenvalue weighted by atomic mass is 32.1. The zero-order valence-corrected chi connectivity index (χ0v) is 28.0. The Balaban J connectivity index is 1.35. The van der Waals surface area contributed by atoms with Crippen molar-refractivity contribution >= 4 is 22.7 Å². The third kappa shape index (κ3) is 9.61. The normalized spacial score (nSPS) is 13.6. The van der Waals surface area contributed by atoms with Gasteiger partial charge in [-0.1, -0.05) is 0 Å². The van der Waals surface area contributed by atoms with Crippen LogP contribution in [0.25, 0.3) is 20.9 Å². The molecule has 0 saturated carbocycles. The summed E-state index contributed by atoms with van der Waals surface area (Å²) in [5, 5.41) is 3.91. The molecule has 5 rings (SSSR count). The van der Waals surface area contributed by atoms with Crippen molar-refractivity contribution in [3.63, 3.8) is 0 Å². The minimum Gasteiger partial charge on any atom is -0.490 e. The molecule has 0 spiro atoms. The average molecular weight is 683 g/mol. The summed E-state index contributed by atoms with van der Waals surface area (Å²) in [6.45, 7) is 7.47. The first-order valence-electron chi connectivity index (χ1n) is 15.3. The van der Waals surface area contributed by atoms with Crippen LogP contribution in [0.2, 0.25) is 0 Å². The third-order valence-corrected chi connectivity index (χ3v) is 8.70. The molecule has 0 unspecified atom stereocenters. The summed E-state index contributed by atoms with van der Waals surface area (Å²) in [6, 6.07) is 3.98. The first-order chi connectivity index (χ1) is 22.8. The van der Waals surface area contributed by atoms with Gasteiger partial charge in [0.1, 0.15) is 51.1 Å². The minimum atomic E-state index is 0.331. The highest BCUT2D eigenvalue weighted by Crippen LogP contribution is 2.54. The molecule has 0 amide bonds. The van der Waals surface area contributed by atoms with Gasteiger partial charge in [-0.05, 0) is 12.1 Å². The van der Waals surface area contributed by atoms with Gasteiger partial charge in [0, 0.05) is 36.1 Å². The standard InChI is InChI=1S/C32H42O12S2/c1-33-3-5-35-7-9-37-11-13-39-25-19-24(32-30-28(22-46-32)42-16-18-44-30)26(40-14-12-38-10-8-36-6-4-34-2)20-23(25)31-29-27(21-45-31)41-15-17-43-29/h19-22H,3-18H2,1-2H3. The Hall–Kier alpha value is -2.82. The Kier molecular flexibility index (Phi) is 14.3. The molecule has 2 aliphatic rings. The van der Waals surface area contributed by atoms with Crippen molar-refractivity contribution in [1.82, 2.24) is 0 Å². The van der Waals surface area contributed by atoms with Gasteiger partial charge < -0.3 is 56.8 Å². The number of hydrogen-bond acceptors (Lipinski definition) is 14. The highest BCUT2D eigenvalue weighted by Gasteiger charge is 2.27. The molecule has 12 nitrogen and oxygen atoms in total. The molecule has 4 heterocycles. The van der Waals surface area contributed by atoms with Gasteiger partial charge in [-0.3, -0.25) is 0 Å². The molecule has 0 aliphatic carbocycles. The molecule has 1 aromatic carbocycles. The summed E-state index contributed by atoms with van der Waals surface area (Å²) in [4.78, 5) is 1.79. The van der Waals surface area contributed by atoms with E-state index in [1.54, 1.807) is 14.2 Å². The summed E-state index contributed by atoms with van der Waals surface area (Å²) in [6.07, 6.45) is 0. The molecule has 0 atom stereocenters. The monoisotopic (exact) mass is 682 g/mol. The first kappa shape index (κ1) is 34.5. The van der Waals surface area contributed by atoms with Crippen molar-refractivity contribution in [2.45, 2.75) is 0 Å². The first-order valence-corrected chi connectivity index (χ1v) is 17.0. The third-order valence-electron chi connectivity index (χ3n) is 6.75. The maximum atomic E-state index is 6.39. The van der Waals surface area contributed by atoms with Crippen LogP contribution in [0.5, 0.6) is 34.5 Å². The molecule has 46 heavy (non-hydrogen) atoms. The van der Waals surface area contributed by atoms with Crippen molar-refractivity contribution in [2.24, 2.45) is 0 Å². The van der Waals surface area contributed by atoms with Crippen LogP contribution in [-0.4, -0.2) is 120 Å². The molecule has 254 valence electrons. The van der Waals surface area contributed by atoms with Crippen molar-refractivity contribution < 1.29 is 56.8 Å². The molecule has 2 aliphatic heterocycles. The van der Waals surface area contributed by atoms with E-state index in [0.29, 0.717) is 129 Å². The van der Waals surface area contributed by atoms with Crippen LogP contribution in [-0.2, 0) is 28.4 Å². The Morgan fingerprint density at radius 3 is 1.28 bits per heavy atom. The summed E-state index contributed by atoms with van der Waals surface area (Å²) in [5.74, 6) is 4.16. The van der Waals surface area contributed by atoms with Gasteiger partial charge in [0.25, 0.3) is 0 Å². The van der Waals surface area contributed by atoms with Crippen LogP contribution in [0.3, 0.4) is 0 Å². The molecule has 0 saturated heterocycles. The predicted octanol–water partition coefficient (Wildman–Crippen LogP) is 4.80. The lowest BCUT2D eigenvalue weighted by atomic mass is 10.0. The number of ether oxygens (including phenoxy) is 12. The molecule has 0 N–H and O–H groups in total. The van der Waals surface area contributed by atoms with Crippen LogP contribution in [0.1, 0.15) is 0 Å². The maximum Gasteiger partial charge on any atom is 0.180 e. The van der Waals surface area contributed by atoms with Crippen molar-refractivity contribution in [2.75, 3.05) is 120 Å². The summed E-state index contributed by atoms with van der Waals surface area (Å²) in [5.41, 5.74) is 1.65. The Bertz CT molecular complexity index is 1230. The van der Waals surface area contributed by atoms with Crippen LogP contribution >= 0.6 is 22.7 Å². The number of fused-ring (bicyclic) bond motifs is 2. The fourth-order valence-corrected chi connectivity index (χ4v) is 6.51. The van der Waals surface area contributed by atoms with Crippen molar-refractivity contribution in [1.29, 1.82) is 0 Å². The maximum absolute atomic E-state index is 6.39. The van der Waals surface area contributed by atoms with E-state index < -0.39 is 0 Å². The zero-order valence-electron chi connectivity index (χ0n) is 26.3. The average Bonchev–Trinajstić information content (AvgIpc) is 3.72. The number of thiophene rings is 2. The van der Waals surface area contributed by atoms with Crippen LogP contribution in [0.15, 0.2) is 22.9 Å². The summed E-state index contributed by atoms with van der Waals surface area (Å²) in [7, 11) is 3.29. The Morgan fingerprint density at radius 1 is 0.500 bits per heavy atom. The van der Waals surface area contributed by atoms with Gasteiger partial charge in [0.2, 0.25) is 0 Å². The fraction of sp³-hybridized carbons (Fsp3) is 0.562. The predicted molar refractivity (Wildman–Crippen MR) is 173 cm³/mol. The number of rotatable bonds is 22. The lowest BCUT2D eigenvalue weighted by molar-refractivity contribution is 0.0178. The van der Waals surface area contributed by atoms with Crippen LogP contribution in [0.4, 0.5) is 0 Å². The van der Waals surface area contributed by atoms with E-state index in [1.807, 2.05) is 22.9 Å². The van der Waals surface area contributed by atoms with Crippen LogP contribution in [0, 0.1) is 0 Å². The van der Waals surface area contributed by atoms with E-state index in [0.717, 1.165) is 32.4 Å². The van der Waals surface area contributed by atoms with E-state index in [-0.39, 0.29) is 0 Å². The SMILES string of the molecule is COCCOCCOCCOc1cc(-c2scc3c2OCCO3)c(OCCOCCOCCOC)cc1-c1scc2c1OCCO2. The van der Waals surface area contributed by atoms with Gasteiger partial charge >= 0.3 is 0 Å². The summed E-state index contributed by atoms with van der Waals surface area (Å²) < 4.78 is 69.0. The van der Waals surface area contributed by atoms with E-state index >= 15 is 0 Å². The second kappa shape index (κ2) is 19.1. The molecule has 14 heteroatoms. The number of methoxy groups -OCH3 is 2. The molecule has 0 radical (unpaired) electrons. The van der Waals surface area contributed by atoms with E-state index in [1.165, 1.54) is 22.7 Å². The van der Waals surface area contributed by atoms with Crippen molar-refractivity contribution in [3.05, 3.63) is 22.9 Å². The molecule has 3 aromatic rings.